The summed E-state index contributed by atoms with van der Waals surface area (Å²) in [6.07, 6.45) is 1.97. The van der Waals surface area contributed by atoms with Gasteiger partial charge in [-0.15, -0.1) is 0 Å². The summed E-state index contributed by atoms with van der Waals surface area (Å²) in [5.41, 5.74) is 4.52. The summed E-state index contributed by atoms with van der Waals surface area (Å²) in [5, 5.41) is 14.1. The third-order valence-corrected chi connectivity index (χ3v) is 7.52. The van der Waals surface area contributed by atoms with Crippen LogP contribution in [0.3, 0.4) is 0 Å². The molecule has 0 aliphatic carbocycles. The standard InChI is InChI=1S/C25H19N3O2S/c26-15-19-16-27-21-11-12-22-20(13-14-31(22,29)30)23(21)25(19)28-24(17-7-3-1-4-8-17)18-9-5-2-6-10-18/h1-12,16,24H,13-14H2,(H,27,28). The van der Waals surface area contributed by atoms with E-state index in [0.717, 1.165) is 22.1 Å². The van der Waals surface area contributed by atoms with Gasteiger partial charge >= 0.3 is 0 Å². The SMILES string of the molecule is N#Cc1cnc2ccc3c(c2c1NC(c1ccccc1)c1ccccc1)CCS3(=O)=O. The van der Waals surface area contributed by atoms with E-state index in [-0.39, 0.29) is 11.8 Å². The number of benzene rings is 3. The van der Waals surface area contributed by atoms with Gasteiger partial charge < -0.3 is 5.32 Å². The molecule has 3 aromatic carbocycles. The predicted octanol–water partition coefficient (Wildman–Crippen LogP) is 4.64. The zero-order valence-corrected chi connectivity index (χ0v) is 17.4. The quantitative estimate of drug-likeness (QED) is 0.515. The highest BCUT2D eigenvalue weighted by Crippen LogP contribution is 2.39. The van der Waals surface area contributed by atoms with Gasteiger partial charge in [0.2, 0.25) is 0 Å². The van der Waals surface area contributed by atoms with Gasteiger partial charge in [-0.1, -0.05) is 60.7 Å². The third kappa shape index (κ3) is 3.33. The number of aryl methyl sites for hydroxylation is 1. The second-order valence-electron chi connectivity index (χ2n) is 7.56. The minimum atomic E-state index is -3.30. The van der Waals surface area contributed by atoms with Crippen LogP contribution in [0.4, 0.5) is 5.69 Å². The van der Waals surface area contributed by atoms with Crippen molar-refractivity contribution in [3.8, 4) is 6.07 Å². The van der Waals surface area contributed by atoms with Crippen LogP contribution in [0.1, 0.15) is 28.3 Å². The lowest BCUT2D eigenvalue weighted by Crippen LogP contribution is -2.14. The number of nitriles is 1. The molecule has 31 heavy (non-hydrogen) atoms. The second kappa shape index (κ2) is 7.53. The molecule has 1 aliphatic heterocycles. The molecule has 1 aliphatic rings. The fourth-order valence-corrected chi connectivity index (χ4v) is 5.80. The number of hydrogen-bond donors (Lipinski definition) is 1. The summed E-state index contributed by atoms with van der Waals surface area (Å²) in [6, 6.07) is 25.4. The molecule has 152 valence electrons. The van der Waals surface area contributed by atoms with Crippen molar-refractivity contribution in [3.05, 3.63) is 101 Å². The lowest BCUT2D eigenvalue weighted by molar-refractivity contribution is 0.600. The summed E-state index contributed by atoms with van der Waals surface area (Å²) in [7, 11) is -3.30. The Morgan fingerprint density at radius 2 is 1.58 bits per heavy atom. The lowest BCUT2D eigenvalue weighted by atomic mass is 9.96. The first-order chi connectivity index (χ1) is 15.1. The largest absolute Gasteiger partial charge is 0.372 e. The third-order valence-electron chi connectivity index (χ3n) is 5.73. The Balaban J connectivity index is 1.76. The van der Waals surface area contributed by atoms with Crippen molar-refractivity contribution < 1.29 is 8.42 Å². The Kier molecular flexibility index (Phi) is 4.68. The molecule has 0 atom stereocenters. The summed E-state index contributed by atoms with van der Waals surface area (Å²) < 4.78 is 25.0. The number of aromatic nitrogens is 1. The van der Waals surface area contributed by atoms with Crippen LogP contribution in [0.5, 0.6) is 0 Å². The predicted molar refractivity (Wildman–Crippen MR) is 121 cm³/mol. The summed E-state index contributed by atoms with van der Waals surface area (Å²) in [6.45, 7) is 0. The minimum absolute atomic E-state index is 0.0818. The number of pyridine rings is 1. The average Bonchev–Trinajstić information content (AvgIpc) is 3.13. The molecule has 0 spiro atoms. The van der Waals surface area contributed by atoms with Crippen molar-refractivity contribution in [2.24, 2.45) is 0 Å². The van der Waals surface area contributed by atoms with Crippen molar-refractivity contribution >= 4 is 26.4 Å². The van der Waals surface area contributed by atoms with E-state index in [9.17, 15) is 13.7 Å². The molecule has 0 fully saturated rings. The molecular weight excluding hydrogens is 406 g/mol. The van der Waals surface area contributed by atoms with Crippen LogP contribution in [0, 0.1) is 11.3 Å². The van der Waals surface area contributed by atoms with Gasteiger partial charge in [0, 0.05) is 11.6 Å². The number of hydrogen-bond acceptors (Lipinski definition) is 5. The Hall–Kier alpha value is -3.69. The van der Waals surface area contributed by atoms with E-state index in [1.807, 2.05) is 60.7 Å². The number of sulfone groups is 1. The molecule has 1 N–H and O–H groups in total. The molecule has 0 saturated heterocycles. The molecule has 5 nitrogen and oxygen atoms in total. The zero-order valence-electron chi connectivity index (χ0n) is 16.6. The summed E-state index contributed by atoms with van der Waals surface area (Å²) in [4.78, 5) is 4.78. The van der Waals surface area contributed by atoms with Gasteiger partial charge in [0.25, 0.3) is 0 Å². The van der Waals surface area contributed by atoms with E-state index in [4.69, 9.17) is 0 Å². The molecule has 6 heteroatoms. The monoisotopic (exact) mass is 425 g/mol. The van der Waals surface area contributed by atoms with Crippen molar-refractivity contribution in [1.82, 2.24) is 4.98 Å². The minimum Gasteiger partial charge on any atom is -0.372 e. The molecule has 4 aromatic rings. The van der Waals surface area contributed by atoms with Crippen LogP contribution in [0.2, 0.25) is 0 Å². The summed E-state index contributed by atoms with van der Waals surface area (Å²) >= 11 is 0. The van der Waals surface area contributed by atoms with E-state index in [1.165, 1.54) is 0 Å². The normalized spacial score (nSPS) is 14.3. The van der Waals surface area contributed by atoms with Crippen LogP contribution in [0.15, 0.2) is 83.9 Å². The first-order valence-corrected chi connectivity index (χ1v) is 11.7. The van der Waals surface area contributed by atoms with Crippen LogP contribution in [0.25, 0.3) is 10.9 Å². The smallest absolute Gasteiger partial charge is 0.179 e. The topological polar surface area (TPSA) is 82.8 Å². The molecule has 0 amide bonds. The Bertz CT molecular complexity index is 1390. The van der Waals surface area contributed by atoms with Crippen molar-refractivity contribution in [2.45, 2.75) is 17.4 Å². The number of anilines is 1. The van der Waals surface area contributed by atoms with E-state index in [1.54, 1.807) is 18.3 Å². The Labute approximate surface area is 180 Å². The van der Waals surface area contributed by atoms with Gasteiger partial charge in [-0.3, -0.25) is 4.98 Å². The van der Waals surface area contributed by atoms with Gasteiger partial charge in [0.05, 0.1) is 33.5 Å². The van der Waals surface area contributed by atoms with Crippen LogP contribution < -0.4 is 5.32 Å². The first-order valence-electron chi connectivity index (χ1n) is 10.0. The maximum absolute atomic E-state index is 12.5. The number of nitrogens with zero attached hydrogens (tertiary/aromatic N) is 2. The zero-order chi connectivity index (χ0) is 21.4. The highest BCUT2D eigenvalue weighted by Gasteiger charge is 2.30. The van der Waals surface area contributed by atoms with E-state index in [0.29, 0.717) is 28.1 Å². The van der Waals surface area contributed by atoms with Crippen LogP contribution in [-0.4, -0.2) is 19.2 Å². The molecule has 0 unspecified atom stereocenters. The maximum Gasteiger partial charge on any atom is 0.179 e. The fraction of sp³-hybridized carbons (Fsp3) is 0.120. The molecule has 5 rings (SSSR count). The van der Waals surface area contributed by atoms with Crippen LogP contribution >= 0.6 is 0 Å². The summed E-state index contributed by atoms with van der Waals surface area (Å²) in [5.74, 6) is 0.0818. The van der Waals surface area contributed by atoms with Gasteiger partial charge in [0.15, 0.2) is 9.84 Å². The molecule has 0 radical (unpaired) electrons. The van der Waals surface area contributed by atoms with Gasteiger partial charge in [-0.05, 0) is 35.2 Å². The van der Waals surface area contributed by atoms with Crippen molar-refractivity contribution in [3.63, 3.8) is 0 Å². The highest BCUT2D eigenvalue weighted by molar-refractivity contribution is 7.91. The molecule has 0 bridgehead atoms. The van der Waals surface area contributed by atoms with E-state index >= 15 is 0 Å². The molecule has 0 saturated carbocycles. The Morgan fingerprint density at radius 1 is 0.935 bits per heavy atom. The van der Waals surface area contributed by atoms with Gasteiger partial charge in [0.1, 0.15) is 6.07 Å². The maximum atomic E-state index is 12.5. The molecular formula is C25H19N3O2S. The average molecular weight is 426 g/mol. The molecule has 2 heterocycles. The second-order valence-corrected chi connectivity index (χ2v) is 9.64. The molecule has 1 aromatic heterocycles. The fourth-order valence-electron chi connectivity index (χ4n) is 4.25. The van der Waals surface area contributed by atoms with E-state index in [2.05, 4.69) is 16.4 Å². The van der Waals surface area contributed by atoms with Gasteiger partial charge in [-0.25, -0.2) is 8.42 Å². The lowest BCUT2D eigenvalue weighted by Gasteiger charge is -2.23. The number of fused-ring (bicyclic) bond motifs is 3. The first kappa shape index (κ1) is 19.3. The van der Waals surface area contributed by atoms with E-state index < -0.39 is 9.84 Å². The Morgan fingerprint density at radius 3 is 2.19 bits per heavy atom. The highest BCUT2D eigenvalue weighted by atomic mass is 32.2. The number of nitrogens with one attached hydrogen (secondary N) is 1. The van der Waals surface area contributed by atoms with Crippen LogP contribution in [-0.2, 0) is 16.3 Å². The van der Waals surface area contributed by atoms with Gasteiger partial charge in [-0.2, -0.15) is 5.26 Å². The van der Waals surface area contributed by atoms with Crippen molar-refractivity contribution in [1.29, 1.82) is 5.26 Å². The van der Waals surface area contributed by atoms with Crippen molar-refractivity contribution in [2.75, 3.05) is 11.1 Å². The number of rotatable bonds is 4.